The molecule has 1 saturated carbocycles. The van der Waals surface area contributed by atoms with Gasteiger partial charge in [-0.2, -0.15) is 5.26 Å². The van der Waals surface area contributed by atoms with Crippen LogP contribution in [0.3, 0.4) is 0 Å². The molecule has 156 valence electrons. The molecule has 0 amide bonds. The van der Waals surface area contributed by atoms with Gasteiger partial charge in [0.05, 0.1) is 23.9 Å². The molecule has 1 aliphatic heterocycles. The molecule has 0 aromatic rings. The second-order valence-corrected chi connectivity index (χ2v) is 8.16. The predicted octanol–water partition coefficient (Wildman–Crippen LogP) is 3.55. The number of rotatable bonds is 10. The zero-order chi connectivity index (χ0) is 20.7. The van der Waals surface area contributed by atoms with Crippen molar-refractivity contribution in [3.8, 4) is 6.07 Å². The molecule has 2 fully saturated rings. The van der Waals surface area contributed by atoms with Gasteiger partial charge < -0.3 is 20.1 Å². The monoisotopic (exact) mass is 391 g/mol. The molecular formula is C22H33NO5. The number of unbranched alkanes of at least 4 members (excludes halogenated alkanes) is 1. The van der Waals surface area contributed by atoms with Gasteiger partial charge in [0, 0.05) is 31.1 Å². The molecule has 2 aliphatic rings. The Morgan fingerprint density at radius 3 is 2.79 bits per heavy atom. The fourth-order valence-corrected chi connectivity index (χ4v) is 4.22. The first-order valence-electron chi connectivity index (χ1n) is 10.4. The van der Waals surface area contributed by atoms with E-state index in [-0.39, 0.29) is 30.3 Å². The van der Waals surface area contributed by atoms with E-state index in [1.54, 1.807) is 6.08 Å². The maximum absolute atomic E-state index is 10.7. The highest BCUT2D eigenvalue weighted by Gasteiger charge is 2.47. The topological polar surface area (TPSA) is 111 Å². The molecule has 0 aromatic carbocycles. The van der Waals surface area contributed by atoms with E-state index in [4.69, 9.17) is 9.84 Å². The maximum atomic E-state index is 10.7. The molecule has 6 nitrogen and oxygen atoms in total. The first-order chi connectivity index (χ1) is 13.4. The Morgan fingerprint density at radius 2 is 2.14 bits per heavy atom. The third-order valence-corrected chi connectivity index (χ3v) is 6.02. The minimum atomic E-state index is -0.869. The second-order valence-electron chi connectivity index (χ2n) is 8.16. The quantitative estimate of drug-likeness (QED) is 0.388. The van der Waals surface area contributed by atoms with Crippen LogP contribution in [0.2, 0.25) is 0 Å². The highest BCUT2D eigenvalue weighted by atomic mass is 16.5. The van der Waals surface area contributed by atoms with Crippen molar-refractivity contribution in [3.05, 3.63) is 23.5 Å². The summed E-state index contributed by atoms with van der Waals surface area (Å²) in [6.45, 7) is 4.17. The summed E-state index contributed by atoms with van der Waals surface area (Å²) in [5, 5.41) is 38.9. The molecule has 0 radical (unpaired) electrons. The Hall–Kier alpha value is -1.84. The van der Waals surface area contributed by atoms with Crippen LogP contribution in [-0.4, -0.2) is 39.6 Å². The molecule has 1 aliphatic carbocycles. The van der Waals surface area contributed by atoms with Crippen molar-refractivity contribution in [1.82, 2.24) is 0 Å². The van der Waals surface area contributed by atoms with E-state index in [0.29, 0.717) is 37.0 Å². The van der Waals surface area contributed by atoms with Crippen molar-refractivity contribution in [3.63, 3.8) is 0 Å². The average molecular weight is 392 g/mol. The van der Waals surface area contributed by atoms with E-state index in [9.17, 15) is 20.3 Å². The molecule has 0 spiro atoms. The van der Waals surface area contributed by atoms with Crippen molar-refractivity contribution < 1.29 is 24.9 Å². The van der Waals surface area contributed by atoms with Gasteiger partial charge in [0.2, 0.25) is 0 Å². The van der Waals surface area contributed by atoms with Crippen LogP contribution in [0.1, 0.15) is 65.2 Å². The average Bonchev–Trinajstić information content (AvgIpc) is 3.18. The summed E-state index contributed by atoms with van der Waals surface area (Å²) < 4.78 is 5.96. The fourth-order valence-electron chi connectivity index (χ4n) is 4.22. The summed E-state index contributed by atoms with van der Waals surface area (Å²) in [5.74, 6) is -0.0615. The molecule has 6 heteroatoms. The van der Waals surface area contributed by atoms with Gasteiger partial charge in [0.25, 0.3) is 0 Å². The first kappa shape index (κ1) is 22.4. The van der Waals surface area contributed by atoms with Gasteiger partial charge in [0.15, 0.2) is 0 Å². The number of nitrogens with zero attached hydrogens (tertiary/aromatic N) is 1. The number of allylic oxidation sites excluding steroid dienone is 2. The van der Waals surface area contributed by atoms with E-state index < -0.39 is 18.2 Å². The number of nitriles is 1. The molecule has 0 unspecified atom stereocenters. The van der Waals surface area contributed by atoms with E-state index >= 15 is 0 Å². The Balaban J connectivity index is 2.00. The number of carboxylic acid groups (broad SMARTS) is 1. The summed E-state index contributed by atoms with van der Waals surface area (Å²) in [6.07, 6.45) is 7.65. The zero-order valence-corrected chi connectivity index (χ0v) is 16.9. The van der Waals surface area contributed by atoms with Crippen molar-refractivity contribution in [1.29, 1.82) is 5.26 Å². The minimum Gasteiger partial charge on any atom is -0.493 e. The van der Waals surface area contributed by atoms with Crippen LogP contribution in [0, 0.1) is 29.1 Å². The van der Waals surface area contributed by atoms with Crippen LogP contribution < -0.4 is 0 Å². The SMILES string of the molecule is CCCC[C@@H](C)[C@H](O)/C=C/[C@@H]1[C@H]2C/C(=C(\C#N)CCCC(=O)O)O[C@H]2C[C@H]1O. The number of carboxylic acids is 1. The standard InChI is InChI=1S/C22H33NO5/c1-3-4-6-14(2)18(24)10-9-16-17-11-20(28-21(17)12-19(16)25)15(13-23)7-5-8-22(26)27/h9-10,14,16-19,21,24-25H,3-8,11-12H2,1-2H3,(H,26,27)/b10-9+,20-15+/t14-,16-,17-,18-,19-,21+/m1/s1. The van der Waals surface area contributed by atoms with E-state index in [2.05, 4.69) is 13.0 Å². The predicted molar refractivity (Wildman–Crippen MR) is 105 cm³/mol. The van der Waals surface area contributed by atoms with Crippen molar-refractivity contribution in [2.45, 2.75) is 83.5 Å². The third kappa shape index (κ3) is 5.83. The summed E-state index contributed by atoms with van der Waals surface area (Å²) >= 11 is 0. The lowest BCUT2D eigenvalue weighted by molar-refractivity contribution is -0.137. The van der Waals surface area contributed by atoms with Gasteiger partial charge in [-0.05, 0) is 25.2 Å². The van der Waals surface area contributed by atoms with Gasteiger partial charge in [0.1, 0.15) is 11.9 Å². The first-order valence-corrected chi connectivity index (χ1v) is 10.4. The number of hydrogen-bond donors (Lipinski definition) is 3. The largest absolute Gasteiger partial charge is 0.493 e. The smallest absolute Gasteiger partial charge is 0.303 e. The molecule has 1 saturated heterocycles. The van der Waals surface area contributed by atoms with Crippen LogP contribution in [0.25, 0.3) is 0 Å². The van der Waals surface area contributed by atoms with Gasteiger partial charge in [-0.15, -0.1) is 0 Å². The number of aliphatic carboxylic acids is 1. The highest BCUT2D eigenvalue weighted by molar-refractivity contribution is 5.66. The van der Waals surface area contributed by atoms with E-state index in [1.807, 2.05) is 13.0 Å². The lowest BCUT2D eigenvalue weighted by atomic mass is 9.89. The molecule has 0 bridgehead atoms. The van der Waals surface area contributed by atoms with Gasteiger partial charge in [-0.3, -0.25) is 4.79 Å². The Kier molecular flexibility index (Phi) is 8.53. The lowest BCUT2D eigenvalue weighted by Crippen LogP contribution is -2.20. The van der Waals surface area contributed by atoms with Gasteiger partial charge in [-0.25, -0.2) is 0 Å². The summed E-state index contributed by atoms with van der Waals surface area (Å²) in [7, 11) is 0. The Labute approximate surface area is 167 Å². The molecule has 0 aromatic heterocycles. The zero-order valence-electron chi connectivity index (χ0n) is 16.9. The molecule has 3 N–H and O–H groups in total. The molecular weight excluding hydrogens is 358 g/mol. The number of ether oxygens (including phenoxy) is 1. The summed E-state index contributed by atoms with van der Waals surface area (Å²) in [6, 6.07) is 2.16. The minimum absolute atomic E-state index is 0.0312. The molecule has 28 heavy (non-hydrogen) atoms. The van der Waals surface area contributed by atoms with Crippen molar-refractivity contribution in [2.24, 2.45) is 17.8 Å². The molecule has 2 rings (SSSR count). The third-order valence-electron chi connectivity index (χ3n) is 6.02. The van der Waals surface area contributed by atoms with Crippen molar-refractivity contribution >= 4 is 5.97 Å². The second kappa shape index (κ2) is 10.6. The number of aliphatic hydroxyl groups excluding tert-OH is 2. The van der Waals surface area contributed by atoms with Crippen LogP contribution in [0.4, 0.5) is 0 Å². The highest BCUT2D eigenvalue weighted by Crippen LogP contribution is 2.46. The fraction of sp³-hybridized carbons (Fsp3) is 0.727. The Bertz CT molecular complexity index is 635. The van der Waals surface area contributed by atoms with Crippen LogP contribution in [0.15, 0.2) is 23.5 Å². The van der Waals surface area contributed by atoms with E-state index in [0.717, 1.165) is 19.3 Å². The van der Waals surface area contributed by atoms with Crippen LogP contribution >= 0.6 is 0 Å². The Morgan fingerprint density at radius 1 is 1.39 bits per heavy atom. The number of aliphatic hydroxyl groups is 2. The van der Waals surface area contributed by atoms with Gasteiger partial charge in [-0.1, -0.05) is 38.8 Å². The van der Waals surface area contributed by atoms with E-state index in [1.165, 1.54) is 0 Å². The van der Waals surface area contributed by atoms with Crippen LogP contribution in [0.5, 0.6) is 0 Å². The number of hydrogen-bond acceptors (Lipinski definition) is 5. The molecule has 1 heterocycles. The lowest BCUT2D eigenvalue weighted by Gasteiger charge is -2.18. The normalized spacial score (nSPS) is 30.5. The maximum Gasteiger partial charge on any atom is 0.303 e. The summed E-state index contributed by atoms with van der Waals surface area (Å²) in [5.41, 5.74) is 0.515. The number of carbonyl (C=O) groups is 1. The summed E-state index contributed by atoms with van der Waals surface area (Å²) in [4.78, 5) is 10.7. The van der Waals surface area contributed by atoms with Crippen LogP contribution in [-0.2, 0) is 9.53 Å². The molecule has 6 atom stereocenters. The van der Waals surface area contributed by atoms with Gasteiger partial charge >= 0.3 is 5.97 Å². The number of fused-ring (bicyclic) bond motifs is 1. The van der Waals surface area contributed by atoms with Crippen molar-refractivity contribution in [2.75, 3.05) is 0 Å².